The average Bonchev–Trinajstić information content (AvgIpc) is 0.767. The molecule has 2 fully saturated rings. The number of phenols is 3. The number of aliphatic hydroxyl groups is 5. The van der Waals surface area contributed by atoms with Crippen LogP contribution in [0, 0.1) is 11.8 Å². The molecule has 7 amide bonds. The number of halogens is 2. The number of carboxylic acids is 1. The number of primary amides is 1. The topological polar surface area (TPSA) is 570 Å². The molecule has 0 radical (unpaired) electrons. The number of nitrogen functional groups attached to an aromatic ring is 1. The van der Waals surface area contributed by atoms with Gasteiger partial charge in [0.15, 0.2) is 35.1 Å². The Bertz CT molecular complexity index is 4610. The number of fused-ring (bicyclic) bond motifs is 15. The molecule has 6 aromatic rings. The predicted molar refractivity (Wildman–Crippen MR) is 379 cm³/mol. The summed E-state index contributed by atoms with van der Waals surface area (Å²) in [6.07, 6.45) is -18.5. The number of amides is 7. The quantitative estimate of drug-likeness (QED) is 0.0544. The largest absolute Gasteiger partial charge is 0.508 e. The molecule has 18 atom stereocenters. The molecular weight excluding hydrogens is 1480 g/mol. The van der Waals surface area contributed by atoms with Crippen LogP contribution in [0.25, 0.3) is 11.1 Å². The highest BCUT2D eigenvalue weighted by molar-refractivity contribution is 7.99. The summed E-state index contributed by atoms with van der Waals surface area (Å²) in [4.78, 5) is 137. The first-order valence-electron chi connectivity index (χ1n) is 33.6. The number of hydrogen-bond acceptors (Lipinski definition) is 27. The number of nitrogens with zero attached hydrogens (tertiary/aromatic N) is 1. The zero-order valence-electron chi connectivity index (χ0n) is 57.8. The molecule has 22 N–H and O–H groups in total. The van der Waals surface area contributed by atoms with Crippen LogP contribution in [0.15, 0.2) is 94.9 Å². The molecule has 108 heavy (non-hydrogen) atoms. The Hall–Kier alpha value is -10.1. The molecular formula is C70H77Cl2N11O24S. The number of aliphatic hydroxyl groups excluding tert-OH is 5. The first kappa shape index (κ1) is 79.0. The van der Waals surface area contributed by atoms with E-state index in [2.05, 4.69) is 41.9 Å². The number of carbonyl (C=O) groups excluding carboxylic acids is 7. The maximum absolute atomic E-state index is 16.2. The number of aromatic nitrogens is 2. The van der Waals surface area contributed by atoms with Gasteiger partial charge in [-0.2, -0.15) is 0 Å². The van der Waals surface area contributed by atoms with E-state index in [0.717, 1.165) is 84.6 Å². The molecule has 1 aromatic heterocycles. The zero-order chi connectivity index (χ0) is 78.4. The lowest BCUT2D eigenvalue weighted by Crippen LogP contribution is -2.64. The monoisotopic (exact) mass is 1560 g/mol. The number of hydrogen-bond donors (Lipinski definition) is 19. The fraction of sp³-hybridized carbons (Fsp3) is 0.400. The summed E-state index contributed by atoms with van der Waals surface area (Å²) in [6, 6.07) is 1.30. The Balaban J connectivity index is 1.17. The molecule has 0 aliphatic carbocycles. The van der Waals surface area contributed by atoms with E-state index in [1.807, 2.05) is 13.8 Å². The number of rotatable bonds is 14. The smallest absolute Gasteiger partial charge is 0.330 e. The lowest BCUT2D eigenvalue weighted by Gasteiger charge is -2.47. The van der Waals surface area contributed by atoms with Crippen molar-refractivity contribution >= 4 is 88.1 Å². The third-order valence-corrected chi connectivity index (χ3v) is 20.2. The highest BCUT2D eigenvalue weighted by Gasteiger charge is 2.52. The highest BCUT2D eigenvalue weighted by Crippen LogP contribution is 2.50. The van der Waals surface area contributed by atoms with E-state index in [-0.39, 0.29) is 62.9 Å². The standard InChI is InChI=1S/C70H77Cl2N11O24S/c1-24(2)12-25(3)61(94)82-52-54(89)28-7-10-39(34(71)14-28)103-41-16-30-17-42(58(41)107-68-59(106-47-22-70(5,75)60(93)26(4)102-47)57(92)56(91)43(105-68)23-108-69-77-44(73)21-46(88)78-69)104-40-11-8-29(15-35(40)72)55(90)53-66(99)81-51(67(100)101)33-18-31(84)19-38(86)48(33)32-13-27(6-9-37(32)85)49(63(96)83-53)80-64(97)50(30)79-62(95)36(20-45(74)87)76-65(52)98/h6-11,13-19,21,24-26,36,43,47,49-57,59-60,68,84-86,89-93H,12,20,22-23,75H2,1-5H3,(H2,74,87)(H,76,98)(H,79,95)(H,80,97)(H,81,99)(H,82,94)(H,83,96)(H,100,101)(H3,73,77,78,88)/t25-,26?,36-,43?,47?,49?,50+,51+,52+,53-,54+,55+,56?,57?,59?,60?,68?,70?/m0/s1. The van der Waals surface area contributed by atoms with Crippen LogP contribution in [0.3, 0.4) is 0 Å². The van der Waals surface area contributed by atoms with Gasteiger partial charge in [-0.25, -0.2) is 9.78 Å². The second kappa shape index (κ2) is 32.0. The second-order valence-electron chi connectivity index (χ2n) is 27.4. The van der Waals surface area contributed by atoms with E-state index >= 15 is 14.4 Å². The summed E-state index contributed by atoms with van der Waals surface area (Å²) in [7, 11) is 0. The summed E-state index contributed by atoms with van der Waals surface area (Å²) in [5, 5.41) is 119. The van der Waals surface area contributed by atoms with Gasteiger partial charge in [0.1, 0.15) is 89.2 Å². The number of anilines is 1. The minimum Gasteiger partial charge on any atom is -0.508 e. The molecule has 2 saturated heterocycles. The van der Waals surface area contributed by atoms with Gasteiger partial charge in [0.05, 0.1) is 34.8 Å². The number of carbonyl (C=O) groups is 8. The van der Waals surface area contributed by atoms with E-state index in [1.54, 1.807) is 6.92 Å². The normalized spacial score (nSPS) is 28.3. The van der Waals surface area contributed by atoms with Crippen LogP contribution in [0.2, 0.25) is 10.0 Å². The van der Waals surface area contributed by atoms with Crippen molar-refractivity contribution in [3.8, 4) is 57.1 Å². The lowest BCUT2D eigenvalue weighted by atomic mass is 9.86. The molecule has 8 heterocycles. The third-order valence-electron chi connectivity index (χ3n) is 18.6. The first-order chi connectivity index (χ1) is 50.9. The molecule has 7 aliphatic rings. The molecule has 11 bridgehead atoms. The molecule has 0 spiro atoms. The molecule has 5 aromatic carbocycles. The van der Waals surface area contributed by atoms with E-state index < -0.39 is 236 Å². The number of carboxylic acid groups (broad SMARTS) is 1. The number of nitrogens with two attached hydrogens (primary N) is 3. The van der Waals surface area contributed by atoms with Crippen LogP contribution >= 0.6 is 35.0 Å². The number of aromatic hydroxyl groups is 3. The molecule has 0 saturated carbocycles. The van der Waals surface area contributed by atoms with Crippen molar-refractivity contribution in [2.45, 2.75) is 162 Å². The van der Waals surface area contributed by atoms with Crippen molar-refractivity contribution in [1.82, 2.24) is 41.9 Å². The summed E-state index contributed by atoms with van der Waals surface area (Å²) in [5.41, 5.74) is 13.3. The van der Waals surface area contributed by atoms with Gasteiger partial charge in [0.25, 0.3) is 5.56 Å². The fourth-order valence-corrected chi connectivity index (χ4v) is 14.6. The lowest BCUT2D eigenvalue weighted by molar-refractivity contribution is -0.329. The summed E-state index contributed by atoms with van der Waals surface area (Å²) < 4.78 is 39.3. The van der Waals surface area contributed by atoms with Crippen molar-refractivity contribution in [2.24, 2.45) is 23.3 Å². The molecule has 38 heteroatoms. The average molecular weight is 1560 g/mol. The summed E-state index contributed by atoms with van der Waals surface area (Å²) in [6.45, 7) is 8.22. The van der Waals surface area contributed by atoms with Crippen LogP contribution in [-0.2, 0) is 52.6 Å². The van der Waals surface area contributed by atoms with Crippen LogP contribution in [0.1, 0.15) is 112 Å². The summed E-state index contributed by atoms with van der Waals surface area (Å²) >= 11 is 15.0. The Morgan fingerprint density at radius 1 is 0.722 bits per heavy atom. The van der Waals surface area contributed by atoms with Crippen molar-refractivity contribution in [1.29, 1.82) is 0 Å². The minimum absolute atomic E-state index is 0.0527. The van der Waals surface area contributed by atoms with Crippen LogP contribution in [0.5, 0.6) is 46.0 Å². The third kappa shape index (κ3) is 17.1. The number of thioether (sulfide) groups is 1. The van der Waals surface area contributed by atoms with Crippen molar-refractivity contribution < 1.29 is 113 Å². The van der Waals surface area contributed by atoms with Crippen molar-refractivity contribution in [2.75, 3.05) is 11.5 Å². The zero-order valence-corrected chi connectivity index (χ0v) is 60.1. The van der Waals surface area contributed by atoms with E-state index in [9.17, 15) is 74.7 Å². The van der Waals surface area contributed by atoms with Gasteiger partial charge in [-0.3, -0.25) is 38.4 Å². The van der Waals surface area contributed by atoms with Gasteiger partial charge in [-0.15, -0.1) is 0 Å². The first-order valence-corrected chi connectivity index (χ1v) is 35.3. The molecule has 10 unspecified atom stereocenters. The van der Waals surface area contributed by atoms with Crippen LogP contribution < -0.4 is 68.9 Å². The van der Waals surface area contributed by atoms with E-state index in [4.69, 9.17) is 68.8 Å². The van der Waals surface area contributed by atoms with Crippen molar-refractivity contribution in [3.63, 3.8) is 0 Å². The van der Waals surface area contributed by atoms with Crippen LogP contribution in [0.4, 0.5) is 5.82 Å². The Kier molecular flexibility index (Phi) is 23.4. The Morgan fingerprint density at radius 3 is 1.95 bits per heavy atom. The van der Waals surface area contributed by atoms with E-state index in [1.165, 1.54) is 26.0 Å². The van der Waals surface area contributed by atoms with Gasteiger partial charge in [-0.1, -0.05) is 73.9 Å². The number of H-pyrrole nitrogens is 1. The number of aromatic amines is 1. The molecule has 7 aliphatic heterocycles. The Labute approximate surface area is 627 Å². The van der Waals surface area contributed by atoms with Gasteiger partial charge in [0, 0.05) is 52.5 Å². The molecule has 35 nitrogen and oxygen atoms in total. The minimum atomic E-state index is -2.36. The summed E-state index contributed by atoms with van der Waals surface area (Å²) in [5.74, 6) is -17.3. The number of nitrogens with one attached hydrogen (secondary N) is 7. The predicted octanol–water partition coefficient (Wildman–Crippen LogP) is 1.62. The van der Waals surface area contributed by atoms with Gasteiger partial charge < -0.3 is 128 Å². The molecule has 576 valence electrons. The SMILES string of the molecule is CC(C)C[C@H](C)C(=O)N[C@H]1C(=O)N[C@@H](CC(N)=O)C(=O)N[C@H]2C(=O)NC3C(=O)N[C@H](C(=O)N[C@@H](C(=O)O)c4cc(O)cc(O)c4-c4cc3ccc4O)[C@H](O)c3ccc(c(Cl)c3)Oc3cc2cc(c3OC2OC(CSc3nc(N)cc(=O)[nH]3)C(O)C(O)C2OC2CC(C)(N)C(O)C(C)O2)Oc2ccc(cc2Cl)[C@H]1O. The Morgan fingerprint density at radius 2 is 1.34 bits per heavy atom. The molecule has 13 rings (SSSR count). The van der Waals surface area contributed by atoms with Gasteiger partial charge in [0.2, 0.25) is 53.4 Å². The number of benzene rings is 5. The number of aliphatic carboxylic acids is 1. The van der Waals surface area contributed by atoms with Crippen molar-refractivity contribution in [3.05, 3.63) is 133 Å². The van der Waals surface area contributed by atoms with Gasteiger partial charge in [-0.05, 0) is 103 Å². The van der Waals surface area contributed by atoms with Crippen LogP contribution in [-0.4, -0.2) is 182 Å². The second-order valence-corrected chi connectivity index (χ2v) is 29.2. The van der Waals surface area contributed by atoms with E-state index in [0.29, 0.717) is 0 Å². The van der Waals surface area contributed by atoms with Gasteiger partial charge >= 0.3 is 5.97 Å². The maximum Gasteiger partial charge on any atom is 0.330 e. The number of phenolic OH excluding ortho intramolecular Hbond substituents is 3. The highest BCUT2D eigenvalue weighted by atomic mass is 35.5. The maximum atomic E-state index is 16.2. The fourth-order valence-electron chi connectivity index (χ4n) is 13.2. The number of ether oxygens (including phenoxy) is 6.